The Kier molecular flexibility index (Phi) is 4.15. The Morgan fingerprint density at radius 2 is 1.83 bits per heavy atom. The van der Waals surface area contributed by atoms with Crippen LogP contribution < -0.4 is 5.32 Å². The molecule has 3 rings (SSSR count). The van der Waals surface area contributed by atoms with Gasteiger partial charge in [0.25, 0.3) is 0 Å². The third-order valence-electron chi connectivity index (χ3n) is 4.17. The van der Waals surface area contributed by atoms with Crippen LogP contribution in [0.1, 0.15) is 24.0 Å². The van der Waals surface area contributed by atoms with Crippen LogP contribution in [0.15, 0.2) is 47.4 Å². The van der Waals surface area contributed by atoms with Gasteiger partial charge in [0.1, 0.15) is 5.82 Å². The summed E-state index contributed by atoms with van der Waals surface area (Å²) in [7, 11) is -2.24. The lowest BCUT2D eigenvalue weighted by molar-refractivity contribution is -0.116. The van der Waals surface area contributed by atoms with Crippen molar-refractivity contribution in [1.29, 1.82) is 0 Å². The van der Waals surface area contributed by atoms with Crippen LogP contribution in [0.2, 0.25) is 0 Å². The molecule has 0 radical (unpaired) electrons. The molecular formula is C17H17FN2O3S. The molecule has 0 unspecified atom stereocenters. The van der Waals surface area contributed by atoms with E-state index in [0.29, 0.717) is 16.8 Å². The smallest absolute Gasteiger partial charge is 0.243 e. The zero-order chi connectivity index (χ0) is 17.5. The van der Waals surface area contributed by atoms with Crippen molar-refractivity contribution in [3.63, 3.8) is 0 Å². The number of halogens is 1. The Hall–Kier alpha value is -2.25. The maximum Gasteiger partial charge on any atom is 0.243 e. The van der Waals surface area contributed by atoms with Gasteiger partial charge in [0, 0.05) is 19.3 Å². The fraction of sp³-hybridized carbons (Fsp3) is 0.235. The average Bonchev–Trinajstić information content (AvgIpc) is 2.84. The predicted molar refractivity (Wildman–Crippen MR) is 88.5 cm³/mol. The second-order valence-corrected chi connectivity index (χ2v) is 7.89. The highest BCUT2D eigenvalue weighted by Crippen LogP contribution is 2.34. The Bertz CT molecular complexity index is 895. The van der Waals surface area contributed by atoms with Gasteiger partial charge in [0.2, 0.25) is 15.9 Å². The summed E-state index contributed by atoms with van der Waals surface area (Å²) < 4.78 is 39.6. The monoisotopic (exact) mass is 348 g/mol. The minimum atomic E-state index is -3.71. The van der Waals surface area contributed by atoms with Gasteiger partial charge in [0.15, 0.2) is 0 Å². The van der Waals surface area contributed by atoms with Crippen molar-refractivity contribution >= 4 is 21.6 Å². The summed E-state index contributed by atoms with van der Waals surface area (Å²) in [4.78, 5) is 11.8. The van der Waals surface area contributed by atoms with E-state index in [2.05, 4.69) is 5.32 Å². The van der Waals surface area contributed by atoms with Gasteiger partial charge in [-0.3, -0.25) is 4.79 Å². The molecule has 0 saturated heterocycles. The van der Waals surface area contributed by atoms with E-state index in [1.807, 2.05) is 0 Å². The number of anilines is 1. The van der Waals surface area contributed by atoms with Gasteiger partial charge in [-0.2, -0.15) is 4.31 Å². The molecule has 0 saturated carbocycles. The van der Waals surface area contributed by atoms with Crippen molar-refractivity contribution < 1.29 is 17.6 Å². The van der Waals surface area contributed by atoms with Gasteiger partial charge in [-0.15, -0.1) is 0 Å². The molecule has 1 heterocycles. The maximum atomic E-state index is 13.0. The van der Waals surface area contributed by atoms with E-state index >= 15 is 0 Å². The third kappa shape index (κ3) is 2.92. The molecule has 126 valence electrons. The highest BCUT2D eigenvalue weighted by molar-refractivity contribution is 7.89. The number of nitrogens with one attached hydrogen (secondary N) is 1. The lowest BCUT2D eigenvalue weighted by atomic mass is 10.0. The van der Waals surface area contributed by atoms with Crippen LogP contribution in [-0.4, -0.2) is 25.7 Å². The molecule has 24 heavy (non-hydrogen) atoms. The maximum absolute atomic E-state index is 13.0. The predicted octanol–water partition coefficient (Wildman–Crippen LogP) is 2.70. The summed E-state index contributed by atoms with van der Waals surface area (Å²) in [5.41, 5.74) is 2.01. The SMILES string of the molecule is C[C@@H]1C(=O)Nc2ccc(S(=O)(=O)N(C)Cc3ccc(F)cc3)cc21. The van der Waals surface area contributed by atoms with Crippen LogP contribution in [0.4, 0.5) is 10.1 Å². The lowest BCUT2D eigenvalue weighted by Crippen LogP contribution is -2.26. The van der Waals surface area contributed by atoms with E-state index in [-0.39, 0.29) is 29.1 Å². The number of nitrogens with zero attached hydrogens (tertiary/aromatic N) is 1. The van der Waals surface area contributed by atoms with Crippen molar-refractivity contribution in [2.24, 2.45) is 0 Å². The first-order valence-corrected chi connectivity index (χ1v) is 8.88. The van der Waals surface area contributed by atoms with E-state index in [1.165, 1.54) is 35.6 Å². The van der Waals surface area contributed by atoms with Crippen LogP contribution in [0.3, 0.4) is 0 Å². The quantitative estimate of drug-likeness (QED) is 0.924. The van der Waals surface area contributed by atoms with Crippen molar-refractivity contribution in [2.45, 2.75) is 24.3 Å². The molecule has 0 aromatic heterocycles. The minimum absolute atomic E-state index is 0.131. The number of sulfonamides is 1. The van der Waals surface area contributed by atoms with Crippen molar-refractivity contribution in [3.8, 4) is 0 Å². The molecule has 0 aliphatic carbocycles. The number of fused-ring (bicyclic) bond motifs is 1. The van der Waals surface area contributed by atoms with Gasteiger partial charge in [0.05, 0.1) is 10.8 Å². The number of rotatable bonds is 4. The summed E-state index contributed by atoms with van der Waals surface area (Å²) in [6.07, 6.45) is 0. The van der Waals surface area contributed by atoms with Crippen LogP contribution in [0.25, 0.3) is 0 Å². The first-order chi connectivity index (χ1) is 11.3. The van der Waals surface area contributed by atoms with Gasteiger partial charge in [-0.25, -0.2) is 12.8 Å². The van der Waals surface area contributed by atoms with E-state index in [9.17, 15) is 17.6 Å². The molecule has 2 aromatic carbocycles. The highest BCUT2D eigenvalue weighted by Gasteiger charge is 2.29. The van der Waals surface area contributed by atoms with Crippen molar-refractivity contribution in [1.82, 2.24) is 4.31 Å². The lowest BCUT2D eigenvalue weighted by Gasteiger charge is -2.18. The topological polar surface area (TPSA) is 66.5 Å². The number of benzene rings is 2. The summed E-state index contributed by atoms with van der Waals surface area (Å²) >= 11 is 0. The molecule has 1 amide bonds. The van der Waals surface area contributed by atoms with Crippen molar-refractivity contribution in [2.75, 3.05) is 12.4 Å². The Morgan fingerprint density at radius 3 is 2.50 bits per heavy atom. The second-order valence-electron chi connectivity index (χ2n) is 5.85. The summed E-state index contributed by atoms with van der Waals surface area (Å²) in [5.74, 6) is -0.884. The van der Waals surface area contributed by atoms with Crippen LogP contribution in [0.5, 0.6) is 0 Å². The molecule has 0 fully saturated rings. The largest absolute Gasteiger partial charge is 0.325 e. The number of carbonyl (C=O) groups excluding carboxylic acids is 1. The first kappa shape index (κ1) is 16.6. The molecule has 7 heteroatoms. The minimum Gasteiger partial charge on any atom is -0.325 e. The molecule has 0 spiro atoms. The molecule has 2 aromatic rings. The fourth-order valence-electron chi connectivity index (χ4n) is 2.67. The van der Waals surface area contributed by atoms with E-state index < -0.39 is 10.0 Å². The van der Waals surface area contributed by atoms with Gasteiger partial charge in [-0.05, 0) is 48.4 Å². The molecule has 1 aliphatic rings. The second kappa shape index (κ2) is 5.99. The van der Waals surface area contributed by atoms with Gasteiger partial charge in [-0.1, -0.05) is 12.1 Å². The zero-order valence-electron chi connectivity index (χ0n) is 13.3. The third-order valence-corrected chi connectivity index (χ3v) is 5.97. The summed E-state index contributed by atoms with van der Waals surface area (Å²) in [5, 5.41) is 2.72. The van der Waals surface area contributed by atoms with E-state index in [0.717, 1.165) is 0 Å². The van der Waals surface area contributed by atoms with Gasteiger partial charge < -0.3 is 5.32 Å². The Labute approximate surface area is 140 Å². The number of amides is 1. The Morgan fingerprint density at radius 1 is 1.17 bits per heavy atom. The number of hydrogen-bond donors (Lipinski definition) is 1. The number of hydrogen-bond acceptors (Lipinski definition) is 3. The molecule has 1 N–H and O–H groups in total. The summed E-state index contributed by atoms with van der Waals surface area (Å²) in [6, 6.07) is 10.3. The fourth-order valence-corrected chi connectivity index (χ4v) is 3.86. The highest BCUT2D eigenvalue weighted by atomic mass is 32.2. The van der Waals surface area contributed by atoms with Crippen LogP contribution >= 0.6 is 0 Å². The zero-order valence-corrected chi connectivity index (χ0v) is 14.1. The van der Waals surface area contributed by atoms with Crippen LogP contribution in [-0.2, 0) is 21.4 Å². The van der Waals surface area contributed by atoms with Crippen molar-refractivity contribution in [3.05, 3.63) is 59.4 Å². The summed E-state index contributed by atoms with van der Waals surface area (Å²) in [6.45, 7) is 1.87. The van der Waals surface area contributed by atoms with Gasteiger partial charge >= 0.3 is 0 Å². The average molecular weight is 348 g/mol. The van der Waals surface area contributed by atoms with E-state index in [1.54, 1.807) is 25.1 Å². The normalized spacial score (nSPS) is 17.0. The van der Waals surface area contributed by atoms with E-state index in [4.69, 9.17) is 0 Å². The number of carbonyl (C=O) groups is 1. The first-order valence-electron chi connectivity index (χ1n) is 7.44. The molecule has 5 nitrogen and oxygen atoms in total. The standard InChI is InChI=1S/C17H17FN2O3S/c1-11-15-9-14(7-8-16(15)19-17(11)21)24(22,23)20(2)10-12-3-5-13(18)6-4-12/h3-9,11H,10H2,1-2H3,(H,19,21)/t11-/m0/s1. The van der Waals surface area contributed by atoms with Crippen LogP contribution in [0, 0.1) is 5.82 Å². The molecule has 1 aliphatic heterocycles. The molecule has 0 bridgehead atoms. The molecule has 1 atom stereocenters. The Balaban J connectivity index is 1.88. The molecular weight excluding hydrogens is 331 g/mol.